The van der Waals surface area contributed by atoms with E-state index in [9.17, 15) is 14.4 Å². The molecule has 3 aromatic rings. The second-order valence-electron chi connectivity index (χ2n) is 8.20. The van der Waals surface area contributed by atoms with Crippen molar-refractivity contribution in [3.63, 3.8) is 0 Å². The Kier molecular flexibility index (Phi) is 6.87. The number of nitrogens with one attached hydrogen (secondary N) is 2. The lowest BCUT2D eigenvalue weighted by atomic mass is 9.98. The van der Waals surface area contributed by atoms with Crippen LogP contribution in [-0.4, -0.2) is 40.7 Å². The molecular formula is C26H25N3O5. The highest BCUT2D eigenvalue weighted by molar-refractivity contribution is 5.91. The summed E-state index contributed by atoms with van der Waals surface area (Å²) >= 11 is 0. The maximum atomic E-state index is 12.4. The zero-order valence-corrected chi connectivity index (χ0v) is 18.7. The summed E-state index contributed by atoms with van der Waals surface area (Å²) in [4.78, 5) is 39.1. The van der Waals surface area contributed by atoms with Crippen molar-refractivity contribution in [1.82, 2.24) is 10.3 Å². The number of amides is 2. The lowest BCUT2D eigenvalue weighted by molar-refractivity contribution is -0.116. The number of rotatable bonds is 8. The van der Waals surface area contributed by atoms with E-state index in [-0.39, 0.29) is 36.6 Å². The molecule has 0 radical (unpaired) electrons. The molecule has 0 aliphatic heterocycles. The first-order valence-electron chi connectivity index (χ1n) is 11.0. The Labute approximate surface area is 197 Å². The minimum atomic E-state index is -1.13. The van der Waals surface area contributed by atoms with Gasteiger partial charge in [-0.25, -0.2) is 14.6 Å². The van der Waals surface area contributed by atoms with Crippen molar-refractivity contribution in [2.75, 3.05) is 11.9 Å². The van der Waals surface area contributed by atoms with Gasteiger partial charge in [-0.15, -0.1) is 0 Å². The molecule has 4 rings (SSSR count). The lowest BCUT2D eigenvalue weighted by Gasteiger charge is -2.17. The zero-order chi connectivity index (χ0) is 24.1. The van der Waals surface area contributed by atoms with Gasteiger partial charge in [0, 0.05) is 18.4 Å². The molecule has 1 aliphatic rings. The summed E-state index contributed by atoms with van der Waals surface area (Å²) in [7, 11) is 0. The topological polar surface area (TPSA) is 118 Å². The van der Waals surface area contributed by atoms with Crippen molar-refractivity contribution in [2.24, 2.45) is 0 Å². The summed E-state index contributed by atoms with van der Waals surface area (Å²) in [6.07, 6.45) is 1.35. The number of aromatic carboxylic acids is 1. The van der Waals surface area contributed by atoms with Gasteiger partial charge in [0.25, 0.3) is 0 Å². The fraction of sp³-hybridized carbons (Fsp3) is 0.231. The maximum absolute atomic E-state index is 12.4. The molecule has 8 nitrogen and oxygen atoms in total. The van der Waals surface area contributed by atoms with E-state index in [0.717, 1.165) is 11.1 Å². The fourth-order valence-electron chi connectivity index (χ4n) is 4.08. The number of hydrogen-bond acceptors (Lipinski definition) is 5. The summed E-state index contributed by atoms with van der Waals surface area (Å²) in [6, 6.07) is 18.8. The number of carbonyl (C=O) groups is 3. The number of pyridine rings is 1. The number of aromatic nitrogens is 1. The van der Waals surface area contributed by atoms with Gasteiger partial charge >= 0.3 is 12.1 Å². The molecule has 0 saturated heterocycles. The lowest BCUT2D eigenvalue weighted by Crippen LogP contribution is -2.34. The third kappa shape index (κ3) is 5.23. The molecule has 34 heavy (non-hydrogen) atoms. The third-order valence-corrected chi connectivity index (χ3v) is 5.78. The van der Waals surface area contributed by atoms with Crippen molar-refractivity contribution < 1.29 is 24.2 Å². The van der Waals surface area contributed by atoms with Gasteiger partial charge in [0.15, 0.2) is 0 Å². The van der Waals surface area contributed by atoms with E-state index in [1.54, 1.807) is 6.92 Å². The number of hydrogen-bond donors (Lipinski definition) is 3. The van der Waals surface area contributed by atoms with Gasteiger partial charge in [0.05, 0.1) is 11.9 Å². The number of fused-ring (bicyclic) bond motifs is 3. The molecule has 8 heteroatoms. The normalized spacial score (nSPS) is 12.9. The molecule has 2 amide bonds. The molecule has 0 bridgehead atoms. The molecule has 1 aromatic heterocycles. The monoisotopic (exact) mass is 459 g/mol. The number of carboxylic acid groups (broad SMARTS) is 1. The number of carbonyl (C=O) groups excluding carboxylic acids is 2. The Bertz CT molecular complexity index is 1160. The summed E-state index contributed by atoms with van der Waals surface area (Å²) in [5, 5.41) is 14.3. The van der Waals surface area contributed by atoms with Crippen molar-refractivity contribution in [2.45, 2.75) is 31.7 Å². The Hall–Kier alpha value is -4.20. The van der Waals surface area contributed by atoms with Gasteiger partial charge < -0.3 is 20.5 Å². The van der Waals surface area contributed by atoms with E-state index < -0.39 is 12.1 Å². The molecule has 1 aliphatic carbocycles. The minimum absolute atomic E-state index is 0.0136. The smallest absolute Gasteiger partial charge is 0.407 e. The molecule has 1 unspecified atom stereocenters. The molecule has 0 fully saturated rings. The molecule has 0 saturated carbocycles. The predicted octanol–water partition coefficient (Wildman–Crippen LogP) is 4.43. The highest BCUT2D eigenvalue weighted by Gasteiger charge is 2.29. The van der Waals surface area contributed by atoms with E-state index >= 15 is 0 Å². The summed E-state index contributed by atoms with van der Waals surface area (Å²) in [6.45, 7) is 2.03. The number of anilines is 1. The van der Waals surface area contributed by atoms with Gasteiger partial charge in [-0.05, 0) is 47.7 Å². The zero-order valence-electron chi connectivity index (χ0n) is 18.7. The van der Waals surface area contributed by atoms with Crippen LogP contribution in [-0.2, 0) is 9.53 Å². The van der Waals surface area contributed by atoms with Crippen LogP contribution in [0, 0.1) is 0 Å². The molecule has 1 atom stereocenters. The van der Waals surface area contributed by atoms with Crippen LogP contribution in [0.15, 0.2) is 66.9 Å². The number of alkyl carbamates (subject to hydrolysis) is 1. The predicted molar refractivity (Wildman–Crippen MR) is 127 cm³/mol. The molecule has 0 spiro atoms. The van der Waals surface area contributed by atoms with Gasteiger partial charge in [-0.1, -0.05) is 48.5 Å². The quantitative estimate of drug-likeness (QED) is 0.459. The molecule has 3 N–H and O–H groups in total. The van der Waals surface area contributed by atoms with Crippen LogP contribution >= 0.6 is 0 Å². The van der Waals surface area contributed by atoms with Crippen LogP contribution in [0.25, 0.3) is 11.1 Å². The van der Waals surface area contributed by atoms with Gasteiger partial charge in [0.1, 0.15) is 12.3 Å². The third-order valence-electron chi connectivity index (χ3n) is 5.78. The van der Waals surface area contributed by atoms with E-state index in [1.807, 2.05) is 24.3 Å². The number of ether oxygens (including phenoxy) is 1. The first-order valence-corrected chi connectivity index (χ1v) is 11.0. The second kappa shape index (κ2) is 10.2. The first kappa shape index (κ1) is 23.0. The van der Waals surface area contributed by atoms with E-state index in [0.29, 0.717) is 12.1 Å². The largest absolute Gasteiger partial charge is 0.477 e. The number of nitrogens with zero attached hydrogens (tertiary/aromatic N) is 1. The average Bonchev–Trinajstić information content (AvgIpc) is 3.15. The summed E-state index contributed by atoms with van der Waals surface area (Å²) in [5.74, 6) is -1.41. The van der Waals surface area contributed by atoms with Crippen LogP contribution in [0.3, 0.4) is 0 Å². The number of carboxylic acids is 1. The van der Waals surface area contributed by atoms with E-state index in [4.69, 9.17) is 9.84 Å². The second-order valence-corrected chi connectivity index (χ2v) is 8.20. The number of benzene rings is 2. The molecule has 1 heterocycles. The van der Waals surface area contributed by atoms with Crippen LogP contribution < -0.4 is 10.6 Å². The highest BCUT2D eigenvalue weighted by atomic mass is 16.5. The van der Waals surface area contributed by atoms with Gasteiger partial charge in [-0.2, -0.15) is 0 Å². The van der Waals surface area contributed by atoms with Crippen molar-refractivity contribution in [1.29, 1.82) is 0 Å². The standard InChI is InChI=1S/C26H25N3O5/c1-16(10-13-24(30)29-17-11-12-23(25(31)32)27-14-17)28-26(33)34-15-22-20-8-4-2-6-18(20)19-7-3-5-9-21(19)22/h2-9,11-12,14,16,22H,10,13,15H2,1H3,(H,28,33)(H,29,30)(H,31,32). The maximum Gasteiger partial charge on any atom is 0.407 e. The van der Waals surface area contributed by atoms with Crippen LogP contribution in [0.1, 0.15) is 47.3 Å². The molecular weight excluding hydrogens is 434 g/mol. The van der Waals surface area contributed by atoms with Gasteiger partial charge in [0.2, 0.25) is 5.91 Å². The van der Waals surface area contributed by atoms with Crippen molar-refractivity contribution in [3.8, 4) is 11.1 Å². The van der Waals surface area contributed by atoms with E-state index in [2.05, 4.69) is 39.9 Å². The Morgan fingerprint density at radius 1 is 1.00 bits per heavy atom. The van der Waals surface area contributed by atoms with Crippen LogP contribution in [0.5, 0.6) is 0 Å². The Morgan fingerprint density at radius 3 is 2.24 bits per heavy atom. The van der Waals surface area contributed by atoms with Crippen LogP contribution in [0.2, 0.25) is 0 Å². The Balaban J connectivity index is 1.24. The van der Waals surface area contributed by atoms with E-state index in [1.165, 1.54) is 29.5 Å². The fourth-order valence-corrected chi connectivity index (χ4v) is 4.08. The average molecular weight is 460 g/mol. The van der Waals surface area contributed by atoms with Gasteiger partial charge in [-0.3, -0.25) is 4.79 Å². The summed E-state index contributed by atoms with van der Waals surface area (Å²) in [5.41, 5.74) is 4.93. The Morgan fingerprint density at radius 2 is 1.65 bits per heavy atom. The van der Waals surface area contributed by atoms with Crippen molar-refractivity contribution >= 4 is 23.7 Å². The van der Waals surface area contributed by atoms with Crippen LogP contribution in [0.4, 0.5) is 10.5 Å². The summed E-state index contributed by atoms with van der Waals surface area (Å²) < 4.78 is 5.54. The van der Waals surface area contributed by atoms with Crippen molar-refractivity contribution in [3.05, 3.63) is 83.7 Å². The first-order chi connectivity index (χ1) is 16.4. The SMILES string of the molecule is CC(CCC(=O)Nc1ccc(C(=O)O)nc1)NC(=O)OCC1c2ccccc2-c2ccccc21. The minimum Gasteiger partial charge on any atom is -0.477 e. The molecule has 2 aromatic carbocycles. The molecule has 174 valence electrons. The highest BCUT2D eigenvalue weighted by Crippen LogP contribution is 2.44.